The number of benzene rings is 1. The number of aliphatic hydroxyl groups is 1. The van der Waals surface area contributed by atoms with Gasteiger partial charge >= 0.3 is 0 Å². The van der Waals surface area contributed by atoms with Gasteiger partial charge in [-0.05, 0) is 30.9 Å². The first-order valence-electron chi connectivity index (χ1n) is 7.15. The van der Waals surface area contributed by atoms with Crippen molar-refractivity contribution in [2.75, 3.05) is 13.2 Å². The van der Waals surface area contributed by atoms with E-state index in [-0.39, 0.29) is 17.9 Å². The predicted molar refractivity (Wildman–Crippen MR) is 78.4 cm³/mol. The zero-order chi connectivity index (χ0) is 14.0. The fourth-order valence-corrected chi connectivity index (χ4v) is 2.53. The minimum atomic E-state index is -0.0174. The van der Waals surface area contributed by atoms with Crippen molar-refractivity contribution < 1.29 is 9.90 Å². The van der Waals surface area contributed by atoms with Gasteiger partial charge in [0.15, 0.2) is 0 Å². The van der Waals surface area contributed by atoms with E-state index in [1.54, 1.807) is 0 Å². The molecule has 1 heterocycles. The molecule has 2 aromatic rings. The number of fused-ring (bicyclic) bond motifs is 1. The van der Waals surface area contributed by atoms with Crippen LogP contribution in [0.3, 0.4) is 0 Å². The summed E-state index contributed by atoms with van der Waals surface area (Å²) in [6.45, 7) is 0.784. The van der Waals surface area contributed by atoms with E-state index in [4.69, 9.17) is 0 Å². The molecule has 106 valence electrons. The highest BCUT2D eigenvalue weighted by Crippen LogP contribution is 2.44. The summed E-state index contributed by atoms with van der Waals surface area (Å²) in [5, 5.41) is 13.3. The molecule has 3 rings (SSSR count). The lowest BCUT2D eigenvalue weighted by atomic mass is 10.1. The van der Waals surface area contributed by atoms with E-state index in [9.17, 15) is 9.90 Å². The normalized spacial score (nSPS) is 16.2. The maximum absolute atomic E-state index is 11.9. The van der Waals surface area contributed by atoms with Crippen molar-refractivity contribution in [2.24, 2.45) is 5.41 Å². The van der Waals surface area contributed by atoms with Crippen molar-refractivity contribution in [3.8, 4) is 0 Å². The second-order valence-electron chi connectivity index (χ2n) is 5.79. The summed E-state index contributed by atoms with van der Waals surface area (Å²) in [6.07, 6.45) is 5.25. The first kappa shape index (κ1) is 13.2. The molecular formula is C16H20N2O2. The summed E-state index contributed by atoms with van der Waals surface area (Å²) < 4.78 is 0. The SMILES string of the molecule is O=C(CCc1c[nH]c2ccccc12)NCC1(CO)CC1. The quantitative estimate of drug-likeness (QED) is 0.753. The van der Waals surface area contributed by atoms with Crippen LogP contribution in [0.5, 0.6) is 0 Å². The summed E-state index contributed by atoms with van der Waals surface area (Å²) >= 11 is 0. The van der Waals surface area contributed by atoms with Crippen LogP contribution in [0.1, 0.15) is 24.8 Å². The number of hydrogen-bond donors (Lipinski definition) is 3. The Bertz CT molecular complexity index is 614. The molecule has 0 bridgehead atoms. The molecule has 0 unspecified atom stereocenters. The number of nitrogens with one attached hydrogen (secondary N) is 2. The van der Waals surface area contributed by atoms with Gasteiger partial charge in [-0.2, -0.15) is 0 Å². The maximum atomic E-state index is 11.9. The van der Waals surface area contributed by atoms with Gasteiger partial charge in [0.2, 0.25) is 5.91 Å². The number of amides is 1. The number of aliphatic hydroxyl groups excluding tert-OH is 1. The molecule has 1 fully saturated rings. The first-order valence-corrected chi connectivity index (χ1v) is 7.15. The Kier molecular flexibility index (Phi) is 3.49. The van der Waals surface area contributed by atoms with Gasteiger partial charge in [0.25, 0.3) is 0 Å². The van der Waals surface area contributed by atoms with E-state index >= 15 is 0 Å². The van der Waals surface area contributed by atoms with Crippen molar-refractivity contribution in [3.63, 3.8) is 0 Å². The highest BCUT2D eigenvalue weighted by Gasteiger charge is 2.41. The Morgan fingerprint density at radius 1 is 1.35 bits per heavy atom. The number of hydrogen-bond acceptors (Lipinski definition) is 2. The van der Waals surface area contributed by atoms with Crippen LogP contribution in [-0.4, -0.2) is 29.1 Å². The van der Waals surface area contributed by atoms with Gasteiger partial charge in [0.1, 0.15) is 0 Å². The second kappa shape index (κ2) is 5.29. The van der Waals surface area contributed by atoms with Crippen molar-refractivity contribution >= 4 is 16.8 Å². The summed E-state index contributed by atoms with van der Waals surface area (Å²) in [6, 6.07) is 8.12. The average molecular weight is 272 g/mol. The molecule has 0 saturated heterocycles. The lowest BCUT2D eigenvalue weighted by Gasteiger charge is -2.12. The largest absolute Gasteiger partial charge is 0.396 e. The molecule has 1 amide bonds. The van der Waals surface area contributed by atoms with E-state index < -0.39 is 0 Å². The summed E-state index contributed by atoms with van der Waals surface area (Å²) in [4.78, 5) is 15.1. The molecule has 1 saturated carbocycles. The van der Waals surface area contributed by atoms with Crippen LogP contribution in [0.25, 0.3) is 10.9 Å². The van der Waals surface area contributed by atoms with Crippen molar-refractivity contribution in [3.05, 3.63) is 36.0 Å². The minimum absolute atomic E-state index is 0.0174. The van der Waals surface area contributed by atoms with Crippen LogP contribution in [-0.2, 0) is 11.2 Å². The van der Waals surface area contributed by atoms with Crippen molar-refractivity contribution in [1.82, 2.24) is 10.3 Å². The number of carbonyl (C=O) groups excluding carboxylic acids is 1. The number of rotatable bonds is 6. The van der Waals surface area contributed by atoms with Gasteiger partial charge in [-0.25, -0.2) is 0 Å². The summed E-state index contributed by atoms with van der Waals surface area (Å²) in [7, 11) is 0. The Hall–Kier alpha value is -1.81. The van der Waals surface area contributed by atoms with E-state index in [0.717, 1.165) is 24.8 Å². The van der Waals surface area contributed by atoms with Crippen LogP contribution in [0.15, 0.2) is 30.5 Å². The molecular weight excluding hydrogens is 252 g/mol. The molecule has 1 aromatic heterocycles. The van der Waals surface area contributed by atoms with Crippen LogP contribution in [0.4, 0.5) is 0 Å². The van der Waals surface area contributed by atoms with Gasteiger partial charge in [-0.1, -0.05) is 18.2 Å². The molecule has 4 heteroatoms. The van der Waals surface area contributed by atoms with Gasteiger partial charge in [-0.15, -0.1) is 0 Å². The third kappa shape index (κ3) is 2.70. The Labute approximate surface area is 118 Å². The van der Waals surface area contributed by atoms with E-state index in [1.165, 1.54) is 10.9 Å². The fourth-order valence-electron chi connectivity index (χ4n) is 2.53. The van der Waals surface area contributed by atoms with E-state index in [0.29, 0.717) is 13.0 Å². The van der Waals surface area contributed by atoms with Crippen LogP contribution in [0, 0.1) is 5.41 Å². The lowest BCUT2D eigenvalue weighted by Crippen LogP contribution is -2.31. The number of aryl methyl sites for hydroxylation is 1. The molecule has 0 aliphatic heterocycles. The molecule has 4 nitrogen and oxygen atoms in total. The fraction of sp³-hybridized carbons (Fsp3) is 0.438. The Morgan fingerprint density at radius 2 is 2.15 bits per heavy atom. The number of carbonyl (C=O) groups is 1. The molecule has 0 radical (unpaired) electrons. The van der Waals surface area contributed by atoms with Gasteiger partial charge < -0.3 is 15.4 Å². The Morgan fingerprint density at radius 3 is 2.90 bits per heavy atom. The maximum Gasteiger partial charge on any atom is 0.220 e. The lowest BCUT2D eigenvalue weighted by molar-refractivity contribution is -0.121. The zero-order valence-corrected chi connectivity index (χ0v) is 11.5. The topological polar surface area (TPSA) is 65.1 Å². The van der Waals surface area contributed by atoms with E-state index in [2.05, 4.69) is 16.4 Å². The highest BCUT2D eigenvalue weighted by atomic mass is 16.3. The van der Waals surface area contributed by atoms with Gasteiger partial charge in [0, 0.05) is 35.5 Å². The van der Waals surface area contributed by atoms with Crippen LogP contribution < -0.4 is 5.32 Å². The number of para-hydroxylation sites is 1. The monoisotopic (exact) mass is 272 g/mol. The van der Waals surface area contributed by atoms with Crippen LogP contribution in [0.2, 0.25) is 0 Å². The molecule has 20 heavy (non-hydrogen) atoms. The van der Waals surface area contributed by atoms with Crippen LogP contribution >= 0.6 is 0 Å². The first-order chi connectivity index (χ1) is 9.72. The number of aromatic amines is 1. The summed E-state index contributed by atoms with van der Waals surface area (Å²) in [5.74, 6) is 0.0648. The molecule has 1 aliphatic carbocycles. The number of H-pyrrole nitrogens is 1. The van der Waals surface area contributed by atoms with Gasteiger partial charge in [-0.3, -0.25) is 4.79 Å². The van der Waals surface area contributed by atoms with Crippen molar-refractivity contribution in [2.45, 2.75) is 25.7 Å². The molecule has 0 spiro atoms. The number of aromatic nitrogens is 1. The smallest absolute Gasteiger partial charge is 0.220 e. The third-order valence-corrected chi connectivity index (χ3v) is 4.25. The molecule has 1 aliphatic rings. The predicted octanol–water partition coefficient (Wildman–Crippen LogP) is 1.99. The molecule has 1 aromatic carbocycles. The Balaban J connectivity index is 1.53. The third-order valence-electron chi connectivity index (χ3n) is 4.25. The average Bonchev–Trinajstić information content (AvgIpc) is 3.16. The summed E-state index contributed by atoms with van der Waals surface area (Å²) in [5.41, 5.74) is 2.27. The van der Waals surface area contributed by atoms with Crippen molar-refractivity contribution in [1.29, 1.82) is 0 Å². The highest BCUT2D eigenvalue weighted by molar-refractivity contribution is 5.84. The minimum Gasteiger partial charge on any atom is -0.396 e. The standard InChI is InChI=1S/C16H20N2O2/c19-11-16(7-8-16)10-18-15(20)6-5-12-9-17-14-4-2-1-3-13(12)14/h1-4,9,17,19H,5-8,10-11H2,(H,18,20). The van der Waals surface area contributed by atoms with E-state index in [1.807, 2.05) is 24.4 Å². The van der Waals surface area contributed by atoms with Gasteiger partial charge in [0.05, 0.1) is 6.61 Å². The second-order valence-corrected chi connectivity index (χ2v) is 5.79. The zero-order valence-electron chi connectivity index (χ0n) is 11.5. The molecule has 0 atom stereocenters. The molecule has 3 N–H and O–H groups in total.